The molecule has 0 radical (unpaired) electrons. The standard InChI is InChI=1S/C17H20BrN3O4/c18-12-2-1-3-13(10-12)21-15(22)11-14(19-16(21)23)20-6-4-17(5-7-20)24-8-9-25-17/h1-3,10,14H,4-9,11H2,(H,19,23). The molecule has 0 bridgehead atoms. The Labute approximate surface area is 154 Å². The predicted molar refractivity (Wildman–Crippen MR) is 94.0 cm³/mol. The van der Waals surface area contributed by atoms with E-state index >= 15 is 0 Å². The van der Waals surface area contributed by atoms with Crippen LogP contribution in [0.2, 0.25) is 0 Å². The molecule has 3 amide bonds. The van der Waals surface area contributed by atoms with Crippen molar-refractivity contribution in [2.45, 2.75) is 31.2 Å². The lowest BCUT2D eigenvalue weighted by molar-refractivity contribution is -0.188. The second-order valence-corrected chi connectivity index (χ2v) is 7.44. The van der Waals surface area contributed by atoms with Gasteiger partial charge in [-0.05, 0) is 18.2 Å². The van der Waals surface area contributed by atoms with E-state index < -0.39 is 5.79 Å². The average molecular weight is 410 g/mol. The fraction of sp³-hybridized carbons (Fsp3) is 0.529. The van der Waals surface area contributed by atoms with Crippen molar-refractivity contribution < 1.29 is 19.1 Å². The van der Waals surface area contributed by atoms with Gasteiger partial charge in [-0.1, -0.05) is 22.0 Å². The van der Waals surface area contributed by atoms with Crippen molar-refractivity contribution in [2.75, 3.05) is 31.2 Å². The number of amides is 3. The normalized spacial score (nSPS) is 26.9. The number of carbonyl (C=O) groups excluding carboxylic acids is 2. The number of hydrogen-bond donors (Lipinski definition) is 1. The number of halogens is 1. The maximum absolute atomic E-state index is 12.6. The van der Waals surface area contributed by atoms with Gasteiger partial charge in [-0.3, -0.25) is 9.69 Å². The highest BCUT2D eigenvalue weighted by Crippen LogP contribution is 2.32. The van der Waals surface area contributed by atoms with Crippen LogP contribution in [0.5, 0.6) is 0 Å². The lowest BCUT2D eigenvalue weighted by Gasteiger charge is -2.43. The second-order valence-electron chi connectivity index (χ2n) is 6.52. The number of anilines is 1. The molecule has 3 aliphatic rings. The summed E-state index contributed by atoms with van der Waals surface area (Å²) in [6, 6.07) is 6.79. The molecule has 1 aromatic carbocycles. The summed E-state index contributed by atoms with van der Waals surface area (Å²) >= 11 is 3.37. The highest BCUT2D eigenvalue weighted by molar-refractivity contribution is 9.10. The van der Waals surface area contributed by atoms with E-state index in [9.17, 15) is 9.59 Å². The number of rotatable bonds is 2. The van der Waals surface area contributed by atoms with Crippen molar-refractivity contribution >= 4 is 33.6 Å². The zero-order valence-corrected chi connectivity index (χ0v) is 15.3. The third kappa shape index (κ3) is 3.31. The molecule has 25 heavy (non-hydrogen) atoms. The number of piperidine rings is 1. The minimum absolute atomic E-state index is 0.194. The van der Waals surface area contributed by atoms with Gasteiger partial charge >= 0.3 is 6.03 Å². The van der Waals surface area contributed by atoms with Gasteiger partial charge in [-0.15, -0.1) is 0 Å². The van der Waals surface area contributed by atoms with Gasteiger partial charge in [0.15, 0.2) is 5.79 Å². The Morgan fingerprint density at radius 2 is 1.88 bits per heavy atom. The van der Waals surface area contributed by atoms with Gasteiger partial charge in [-0.25, -0.2) is 9.69 Å². The number of likely N-dealkylation sites (tertiary alicyclic amines) is 1. The van der Waals surface area contributed by atoms with Crippen LogP contribution in [-0.4, -0.2) is 55.1 Å². The number of hydrogen-bond acceptors (Lipinski definition) is 5. The van der Waals surface area contributed by atoms with Crippen molar-refractivity contribution in [3.8, 4) is 0 Å². The molecule has 3 aliphatic heterocycles. The van der Waals surface area contributed by atoms with Crippen molar-refractivity contribution in [3.05, 3.63) is 28.7 Å². The van der Waals surface area contributed by atoms with Gasteiger partial charge in [0.2, 0.25) is 5.91 Å². The topological polar surface area (TPSA) is 71.1 Å². The highest BCUT2D eigenvalue weighted by Gasteiger charge is 2.43. The summed E-state index contributed by atoms with van der Waals surface area (Å²) in [5.74, 6) is -0.651. The molecule has 7 nitrogen and oxygen atoms in total. The van der Waals surface area contributed by atoms with E-state index in [1.54, 1.807) is 18.2 Å². The largest absolute Gasteiger partial charge is 0.347 e. The van der Waals surface area contributed by atoms with Crippen LogP contribution in [0.1, 0.15) is 19.3 Å². The molecule has 4 rings (SSSR count). The Kier molecular flexibility index (Phi) is 4.53. The number of nitrogens with zero attached hydrogens (tertiary/aromatic N) is 2. The van der Waals surface area contributed by atoms with Gasteiger partial charge in [0, 0.05) is 30.4 Å². The fourth-order valence-corrected chi connectivity index (χ4v) is 4.07. The fourth-order valence-electron chi connectivity index (χ4n) is 3.69. The van der Waals surface area contributed by atoms with Crippen LogP contribution < -0.4 is 10.2 Å². The summed E-state index contributed by atoms with van der Waals surface area (Å²) < 4.78 is 12.3. The van der Waals surface area contributed by atoms with Crippen LogP contribution in [0.15, 0.2) is 28.7 Å². The number of imide groups is 1. The molecule has 1 aromatic rings. The molecule has 0 aliphatic carbocycles. The van der Waals surface area contributed by atoms with Crippen LogP contribution in [0.4, 0.5) is 10.5 Å². The van der Waals surface area contributed by atoms with Crippen molar-refractivity contribution in [1.82, 2.24) is 10.2 Å². The van der Waals surface area contributed by atoms with E-state index in [1.165, 1.54) is 4.90 Å². The molecule has 134 valence electrons. The highest BCUT2D eigenvalue weighted by atomic mass is 79.9. The average Bonchev–Trinajstić information content (AvgIpc) is 3.03. The zero-order chi connectivity index (χ0) is 17.4. The van der Waals surface area contributed by atoms with E-state index in [4.69, 9.17) is 9.47 Å². The molecule has 1 spiro atoms. The smallest absolute Gasteiger partial charge is 0.329 e. The molecule has 0 aromatic heterocycles. The molecule has 3 saturated heterocycles. The zero-order valence-electron chi connectivity index (χ0n) is 13.7. The van der Waals surface area contributed by atoms with Crippen molar-refractivity contribution in [3.63, 3.8) is 0 Å². The molecule has 1 atom stereocenters. The molecular weight excluding hydrogens is 390 g/mol. The quantitative estimate of drug-likeness (QED) is 0.809. The van der Waals surface area contributed by atoms with Crippen molar-refractivity contribution in [2.24, 2.45) is 0 Å². The minimum atomic E-state index is -0.457. The first kappa shape index (κ1) is 17.0. The molecule has 3 heterocycles. The Balaban J connectivity index is 1.42. The van der Waals surface area contributed by atoms with Gasteiger partial charge in [-0.2, -0.15) is 0 Å². The molecule has 3 fully saturated rings. The number of urea groups is 1. The third-order valence-electron chi connectivity index (χ3n) is 4.99. The van der Waals surface area contributed by atoms with Crippen LogP contribution in [-0.2, 0) is 14.3 Å². The van der Waals surface area contributed by atoms with E-state index in [2.05, 4.69) is 26.1 Å². The van der Waals surface area contributed by atoms with Crippen molar-refractivity contribution in [1.29, 1.82) is 0 Å². The van der Waals surface area contributed by atoms with E-state index in [-0.39, 0.29) is 24.5 Å². The Morgan fingerprint density at radius 1 is 1.16 bits per heavy atom. The number of carbonyl (C=O) groups is 2. The van der Waals surface area contributed by atoms with Gasteiger partial charge in [0.05, 0.1) is 31.5 Å². The molecule has 0 saturated carbocycles. The summed E-state index contributed by atoms with van der Waals surface area (Å²) in [6.45, 7) is 2.74. The maximum Gasteiger partial charge on any atom is 0.329 e. The summed E-state index contributed by atoms with van der Waals surface area (Å²) in [4.78, 5) is 28.4. The number of ether oxygens (including phenoxy) is 2. The molecule has 1 unspecified atom stereocenters. The summed E-state index contributed by atoms with van der Waals surface area (Å²) in [7, 11) is 0. The van der Waals surface area contributed by atoms with Crippen LogP contribution >= 0.6 is 15.9 Å². The molecule has 1 N–H and O–H groups in total. The Hall–Kier alpha value is -1.48. The summed E-state index contributed by atoms with van der Waals surface area (Å²) in [5, 5.41) is 2.96. The monoisotopic (exact) mass is 409 g/mol. The minimum Gasteiger partial charge on any atom is -0.347 e. The Morgan fingerprint density at radius 3 is 2.52 bits per heavy atom. The first-order valence-electron chi connectivity index (χ1n) is 8.47. The van der Waals surface area contributed by atoms with Gasteiger partial charge in [0.1, 0.15) is 0 Å². The van der Waals surface area contributed by atoms with Crippen LogP contribution in [0, 0.1) is 0 Å². The van der Waals surface area contributed by atoms with E-state index in [1.807, 2.05) is 6.07 Å². The predicted octanol–water partition coefficient (Wildman–Crippen LogP) is 2.06. The number of nitrogens with one attached hydrogen (secondary N) is 1. The third-order valence-corrected chi connectivity index (χ3v) is 5.48. The first-order chi connectivity index (χ1) is 12.1. The van der Waals surface area contributed by atoms with E-state index in [0.29, 0.717) is 18.9 Å². The second kappa shape index (κ2) is 6.68. The maximum atomic E-state index is 12.6. The van der Waals surface area contributed by atoms with Gasteiger partial charge in [0.25, 0.3) is 0 Å². The van der Waals surface area contributed by atoms with E-state index in [0.717, 1.165) is 30.4 Å². The first-order valence-corrected chi connectivity index (χ1v) is 9.27. The molecular formula is C17H20BrN3O4. The SMILES string of the molecule is O=C1CC(N2CCC3(CC2)OCCO3)NC(=O)N1c1cccc(Br)c1. The summed E-state index contributed by atoms with van der Waals surface area (Å²) in [6.07, 6.45) is 1.49. The molecule has 8 heteroatoms. The Bertz CT molecular complexity index is 664. The van der Waals surface area contributed by atoms with Gasteiger partial charge < -0.3 is 14.8 Å². The lowest BCUT2D eigenvalue weighted by Crippen LogP contribution is -2.62. The van der Waals surface area contributed by atoms with Crippen LogP contribution in [0.3, 0.4) is 0 Å². The summed E-state index contributed by atoms with van der Waals surface area (Å²) in [5.41, 5.74) is 0.570. The number of benzene rings is 1. The lowest BCUT2D eigenvalue weighted by atomic mass is 10.0. The van der Waals surface area contributed by atoms with Crippen LogP contribution in [0.25, 0.3) is 0 Å².